The zero-order valence-electron chi connectivity index (χ0n) is 13.0. The van der Waals surface area contributed by atoms with Crippen molar-refractivity contribution in [3.8, 4) is 0 Å². The summed E-state index contributed by atoms with van der Waals surface area (Å²) in [6.07, 6.45) is 5.26. The zero-order valence-corrected chi connectivity index (χ0v) is 13.0. The lowest BCUT2D eigenvalue weighted by molar-refractivity contribution is 0.607. The molecule has 0 aliphatic heterocycles. The minimum atomic E-state index is 0.128. The summed E-state index contributed by atoms with van der Waals surface area (Å²) >= 11 is 0. The van der Waals surface area contributed by atoms with E-state index in [0.29, 0.717) is 6.04 Å². The maximum absolute atomic E-state index is 6.02. The molecule has 0 amide bonds. The molecule has 2 aromatic rings. The van der Waals surface area contributed by atoms with Gasteiger partial charge in [-0.15, -0.1) is 0 Å². The third kappa shape index (κ3) is 2.96. The van der Waals surface area contributed by atoms with Gasteiger partial charge in [-0.2, -0.15) is 0 Å². The van der Waals surface area contributed by atoms with Gasteiger partial charge in [-0.1, -0.05) is 19.4 Å². The topological polar surface area (TPSA) is 46.6 Å². The highest BCUT2D eigenvalue weighted by atomic mass is 15.2. The maximum Gasteiger partial charge on any atom is 0.151 e. The van der Waals surface area contributed by atoms with Crippen molar-refractivity contribution in [1.29, 1.82) is 0 Å². The molecule has 110 valence electrons. The fourth-order valence-corrected chi connectivity index (χ4v) is 2.63. The Hall–Kier alpha value is -1.55. The number of imidazole rings is 1. The van der Waals surface area contributed by atoms with Gasteiger partial charge >= 0.3 is 0 Å². The van der Waals surface area contributed by atoms with Gasteiger partial charge in [-0.05, 0) is 32.4 Å². The van der Waals surface area contributed by atoms with Gasteiger partial charge < -0.3 is 15.0 Å². The summed E-state index contributed by atoms with van der Waals surface area (Å²) in [4.78, 5) is 7.09. The molecule has 0 saturated carbocycles. The monoisotopic (exact) mass is 274 g/mol. The molecular weight excluding hydrogens is 248 g/mol. The third-order valence-corrected chi connectivity index (χ3v) is 3.82. The molecule has 2 N–H and O–H groups in total. The van der Waals surface area contributed by atoms with Gasteiger partial charge in [0.05, 0.1) is 5.69 Å². The van der Waals surface area contributed by atoms with Crippen LogP contribution in [0.15, 0.2) is 24.4 Å². The van der Waals surface area contributed by atoms with Gasteiger partial charge in [0, 0.05) is 31.7 Å². The van der Waals surface area contributed by atoms with Crippen LogP contribution in [0, 0.1) is 0 Å². The van der Waals surface area contributed by atoms with E-state index in [1.165, 1.54) is 18.5 Å². The number of hydrogen-bond acceptors (Lipinski definition) is 3. The van der Waals surface area contributed by atoms with E-state index in [2.05, 4.69) is 36.4 Å². The van der Waals surface area contributed by atoms with Crippen LogP contribution in [0.25, 0.3) is 5.65 Å². The van der Waals surface area contributed by atoms with Crippen LogP contribution in [-0.2, 0) is 6.42 Å². The molecule has 4 heteroatoms. The second kappa shape index (κ2) is 6.27. The standard InChI is InChI=1S/C16H26N4/c1-5-8-13(3)19(4)16-14(11-12(2)17)20-10-7-6-9-15(20)18-16/h6-7,9-10,12-13H,5,8,11,17H2,1-4H3. The average Bonchev–Trinajstić information content (AvgIpc) is 2.76. The number of aromatic nitrogens is 2. The molecule has 2 rings (SSSR count). The summed E-state index contributed by atoms with van der Waals surface area (Å²) in [6.45, 7) is 6.52. The van der Waals surface area contributed by atoms with Crippen molar-refractivity contribution in [1.82, 2.24) is 9.38 Å². The molecule has 0 aliphatic carbocycles. The predicted molar refractivity (Wildman–Crippen MR) is 85.3 cm³/mol. The SMILES string of the molecule is CCCC(C)N(C)c1nc2ccccn2c1CC(C)N. The van der Waals surface area contributed by atoms with E-state index in [0.717, 1.165) is 17.9 Å². The first kappa shape index (κ1) is 14.9. The molecular formula is C16H26N4. The number of pyridine rings is 1. The lowest BCUT2D eigenvalue weighted by Gasteiger charge is -2.26. The average molecular weight is 274 g/mol. The van der Waals surface area contributed by atoms with E-state index < -0.39 is 0 Å². The maximum atomic E-state index is 6.02. The van der Waals surface area contributed by atoms with E-state index in [9.17, 15) is 0 Å². The van der Waals surface area contributed by atoms with Crippen LogP contribution >= 0.6 is 0 Å². The fraction of sp³-hybridized carbons (Fsp3) is 0.562. The van der Waals surface area contributed by atoms with E-state index in [1.807, 2.05) is 25.1 Å². The Balaban J connectivity index is 2.45. The Bertz CT molecular complexity index is 559. The van der Waals surface area contributed by atoms with Crippen molar-refractivity contribution in [2.45, 2.75) is 52.1 Å². The fourth-order valence-electron chi connectivity index (χ4n) is 2.63. The summed E-state index contributed by atoms with van der Waals surface area (Å²) in [5.41, 5.74) is 8.22. The lowest BCUT2D eigenvalue weighted by Crippen LogP contribution is -2.30. The summed E-state index contributed by atoms with van der Waals surface area (Å²) in [5.74, 6) is 1.06. The quantitative estimate of drug-likeness (QED) is 0.881. The largest absolute Gasteiger partial charge is 0.355 e. The smallest absolute Gasteiger partial charge is 0.151 e. The summed E-state index contributed by atoms with van der Waals surface area (Å²) in [5, 5.41) is 0. The van der Waals surface area contributed by atoms with Crippen LogP contribution in [0.2, 0.25) is 0 Å². The molecule has 0 spiro atoms. The summed E-state index contributed by atoms with van der Waals surface area (Å²) in [7, 11) is 2.13. The first-order chi connectivity index (χ1) is 9.54. The Morgan fingerprint density at radius 2 is 2.10 bits per heavy atom. The van der Waals surface area contributed by atoms with Crippen molar-refractivity contribution < 1.29 is 0 Å². The second-order valence-corrected chi connectivity index (χ2v) is 5.74. The minimum absolute atomic E-state index is 0.128. The first-order valence-electron chi connectivity index (χ1n) is 7.49. The van der Waals surface area contributed by atoms with Gasteiger partial charge in [-0.25, -0.2) is 4.98 Å². The minimum Gasteiger partial charge on any atom is -0.355 e. The predicted octanol–water partition coefficient (Wildman–Crippen LogP) is 2.85. The van der Waals surface area contributed by atoms with Crippen molar-refractivity contribution in [3.05, 3.63) is 30.1 Å². The second-order valence-electron chi connectivity index (χ2n) is 5.74. The molecule has 2 aromatic heterocycles. The zero-order chi connectivity index (χ0) is 14.7. The van der Waals surface area contributed by atoms with Crippen LogP contribution < -0.4 is 10.6 Å². The molecule has 0 aliphatic rings. The molecule has 0 bridgehead atoms. The number of rotatable bonds is 6. The number of nitrogens with two attached hydrogens (primary N) is 1. The molecule has 20 heavy (non-hydrogen) atoms. The van der Waals surface area contributed by atoms with E-state index in [4.69, 9.17) is 10.7 Å². The van der Waals surface area contributed by atoms with Gasteiger partial charge in [0.25, 0.3) is 0 Å². The third-order valence-electron chi connectivity index (χ3n) is 3.82. The number of anilines is 1. The van der Waals surface area contributed by atoms with Gasteiger partial charge in [0.1, 0.15) is 5.65 Å². The molecule has 0 saturated heterocycles. The number of fused-ring (bicyclic) bond motifs is 1. The van der Waals surface area contributed by atoms with Crippen molar-refractivity contribution >= 4 is 11.5 Å². The van der Waals surface area contributed by atoms with Crippen LogP contribution in [0.1, 0.15) is 39.3 Å². The van der Waals surface area contributed by atoms with Gasteiger partial charge in [-0.3, -0.25) is 0 Å². The van der Waals surface area contributed by atoms with E-state index >= 15 is 0 Å². The summed E-state index contributed by atoms with van der Waals surface area (Å²) in [6, 6.07) is 6.73. The molecule has 2 heterocycles. The molecule has 2 atom stereocenters. The lowest BCUT2D eigenvalue weighted by atomic mass is 10.1. The van der Waals surface area contributed by atoms with Crippen molar-refractivity contribution in [3.63, 3.8) is 0 Å². The van der Waals surface area contributed by atoms with Crippen molar-refractivity contribution in [2.75, 3.05) is 11.9 Å². The highest BCUT2D eigenvalue weighted by Gasteiger charge is 2.19. The van der Waals surface area contributed by atoms with Crippen molar-refractivity contribution in [2.24, 2.45) is 5.73 Å². The van der Waals surface area contributed by atoms with E-state index in [-0.39, 0.29) is 6.04 Å². The first-order valence-corrected chi connectivity index (χ1v) is 7.49. The highest BCUT2D eigenvalue weighted by Crippen LogP contribution is 2.24. The van der Waals surface area contributed by atoms with Crippen LogP contribution in [0.5, 0.6) is 0 Å². The molecule has 0 radical (unpaired) electrons. The van der Waals surface area contributed by atoms with Gasteiger partial charge in [0.2, 0.25) is 0 Å². The van der Waals surface area contributed by atoms with Crippen LogP contribution in [0.3, 0.4) is 0 Å². The summed E-state index contributed by atoms with van der Waals surface area (Å²) < 4.78 is 2.16. The normalized spacial score (nSPS) is 14.4. The van der Waals surface area contributed by atoms with Crippen LogP contribution in [-0.4, -0.2) is 28.5 Å². The number of hydrogen-bond donors (Lipinski definition) is 1. The Labute approximate surface area is 121 Å². The Morgan fingerprint density at radius 3 is 2.75 bits per heavy atom. The van der Waals surface area contributed by atoms with Crippen LogP contribution in [0.4, 0.5) is 5.82 Å². The Morgan fingerprint density at radius 1 is 1.35 bits per heavy atom. The molecule has 2 unspecified atom stereocenters. The molecule has 0 fully saturated rings. The highest BCUT2D eigenvalue weighted by molar-refractivity contribution is 5.56. The molecule has 0 aromatic carbocycles. The molecule has 4 nitrogen and oxygen atoms in total. The van der Waals surface area contributed by atoms with Gasteiger partial charge in [0.15, 0.2) is 5.82 Å². The Kier molecular flexibility index (Phi) is 4.65. The number of nitrogens with zero attached hydrogens (tertiary/aromatic N) is 3. The van der Waals surface area contributed by atoms with E-state index in [1.54, 1.807) is 0 Å².